The van der Waals surface area contributed by atoms with Gasteiger partial charge in [-0.2, -0.15) is 0 Å². The maximum absolute atomic E-state index is 13.5. The van der Waals surface area contributed by atoms with E-state index in [0.29, 0.717) is 11.1 Å². The molecule has 0 radical (unpaired) electrons. The highest BCUT2D eigenvalue weighted by Crippen LogP contribution is 2.28. The SMILES string of the molecule is COc1cc(F)c(Br)cc1C(=O)c1cc(C)cc(C)c1. The van der Waals surface area contributed by atoms with Crippen molar-refractivity contribution in [3.05, 3.63) is 62.9 Å². The van der Waals surface area contributed by atoms with Crippen molar-refractivity contribution < 1.29 is 13.9 Å². The number of hydrogen-bond acceptors (Lipinski definition) is 2. The van der Waals surface area contributed by atoms with Crippen LogP contribution in [0.3, 0.4) is 0 Å². The fourth-order valence-electron chi connectivity index (χ4n) is 2.14. The highest BCUT2D eigenvalue weighted by atomic mass is 79.9. The minimum atomic E-state index is -0.459. The van der Waals surface area contributed by atoms with Crippen LogP contribution in [-0.4, -0.2) is 12.9 Å². The van der Waals surface area contributed by atoms with Gasteiger partial charge < -0.3 is 4.74 Å². The second-order valence-electron chi connectivity index (χ2n) is 4.67. The zero-order valence-corrected chi connectivity index (χ0v) is 13.0. The zero-order valence-electron chi connectivity index (χ0n) is 11.5. The molecule has 0 aliphatic rings. The van der Waals surface area contributed by atoms with Gasteiger partial charge in [0.2, 0.25) is 0 Å². The molecule has 2 aromatic carbocycles. The van der Waals surface area contributed by atoms with Crippen molar-refractivity contribution in [2.24, 2.45) is 0 Å². The Morgan fingerprint density at radius 1 is 1.10 bits per heavy atom. The summed E-state index contributed by atoms with van der Waals surface area (Å²) in [4.78, 5) is 12.6. The number of halogens is 2. The zero-order chi connectivity index (χ0) is 14.9. The van der Waals surface area contributed by atoms with Gasteiger partial charge in [0.1, 0.15) is 11.6 Å². The van der Waals surface area contributed by atoms with Crippen LogP contribution in [0.15, 0.2) is 34.8 Å². The molecule has 0 aliphatic carbocycles. The second-order valence-corrected chi connectivity index (χ2v) is 5.53. The van der Waals surface area contributed by atoms with E-state index in [2.05, 4.69) is 15.9 Å². The molecular weight excluding hydrogens is 323 g/mol. The molecule has 4 heteroatoms. The summed E-state index contributed by atoms with van der Waals surface area (Å²) >= 11 is 3.10. The third-order valence-corrected chi connectivity index (χ3v) is 3.58. The van der Waals surface area contributed by atoms with E-state index < -0.39 is 5.82 Å². The number of ether oxygens (including phenoxy) is 1. The molecule has 2 aromatic rings. The molecule has 0 bridgehead atoms. The fourth-order valence-corrected chi connectivity index (χ4v) is 2.48. The van der Waals surface area contributed by atoms with E-state index in [0.717, 1.165) is 11.1 Å². The van der Waals surface area contributed by atoms with Crippen molar-refractivity contribution in [3.63, 3.8) is 0 Å². The molecule has 0 unspecified atom stereocenters. The van der Waals surface area contributed by atoms with Crippen molar-refractivity contribution in [1.82, 2.24) is 0 Å². The highest BCUT2D eigenvalue weighted by Gasteiger charge is 2.17. The molecular formula is C16H14BrFO2. The molecule has 20 heavy (non-hydrogen) atoms. The van der Waals surface area contributed by atoms with Crippen molar-refractivity contribution in [3.8, 4) is 5.75 Å². The molecule has 2 rings (SSSR count). The van der Waals surface area contributed by atoms with E-state index >= 15 is 0 Å². The summed E-state index contributed by atoms with van der Waals surface area (Å²) in [5.74, 6) is -0.414. The molecule has 0 N–H and O–H groups in total. The molecule has 0 saturated heterocycles. The first-order valence-electron chi connectivity index (χ1n) is 6.08. The van der Waals surface area contributed by atoms with Gasteiger partial charge >= 0.3 is 0 Å². The van der Waals surface area contributed by atoms with E-state index in [9.17, 15) is 9.18 Å². The van der Waals surface area contributed by atoms with Crippen molar-refractivity contribution in [2.75, 3.05) is 7.11 Å². The first-order chi connectivity index (χ1) is 9.42. The van der Waals surface area contributed by atoms with Gasteiger partial charge in [-0.15, -0.1) is 0 Å². The minimum absolute atomic E-state index is 0.186. The average molecular weight is 337 g/mol. The van der Waals surface area contributed by atoms with Gasteiger partial charge in [0.25, 0.3) is 0 Å². The van der Waals surface area contributed by atoms with Crippen LogP contribution in [0.4, 0.5) is 4.39 Å². The van der Waals surface area contributed by atoms with Gasteiger partial charge in [0, 0.05) is 11.6 Å². The normalized spacial score (nSPS) is 10.4. The Morgan fingerprint density at radius 2 is 1.70 bits per heavy atom. The molecule has 0 saturated carbocycles. The molecule has 0 heterocycles. The lowest BCUT2D eigenvalue weighted by molar-refractivity contribution is 0.103. The standard InChI is InChI=1S/C16H14BrFO2/c1-9-4-10(2)6-11(5-9)16(19)12-7-13(17)14(18)8-15(12)20-3/h4-8H,1-3H3. The number of aryl methyl sites for hydroxylation is 2. The van der Waals surface area contributed by atoms with E-state index in [1.54, 1.807) is 0 Å². The largest absolute Gasteiger partial charge is 0.496 e. The second kappa shape index (κ2) is 5.75. The average Bonchev–Trinajstić information content (AvgIpc) is 2.39. The lowest BCUT2D eigenvalue weighted by Crippen LogP contribution is -2.05. The van der Waals surface area contributed by atoms with Crippen LogP contribution in [0.5, 0.6) is 5.75 Å². The lowest BCUT2D eigenvalue weighted by Gasteiger charge is -2.10. The molecule has 0 spiro atoms. The number of benzene rings is 2. The van der Waals surface area contributed by atoms with Crippen molar-refractivity contribution >= 4 is 21.7 Å². The van der Waals surface area contributed by atoms with Gasteiger partial charge in [-0.25, -0.2) is 4.39 Å². The maximum atomic E-state index is 13.5. The lowest BCUT2D eigenvalue weighted by atomic mass is 9.99. The molecule has 2 nitrogen and oxygen atoms in total. The van der Waals surface area contributed by atoms with Crippen LogP contribution in [0, 0.1) is 19.7 Å². The first kappa shape index (κ1) is 14.7. The van der Waals surface area contributed by atoms with Crippen LogP contribution in [0.2, 0.25) is 0 Å². The van der Waals surface area contributed by atoms with Crippen LogP contribution in [-0.2, 0) is 0 Å². The van der Waals surface area contributed by atoms with Gasteiger partial charge in [-0.1, -0.05) is 17.2 Å². The van der Waals surface area contributed by atoms with Gasteiger partial charge in [-0.3, -0.25) is 4.79 Å². The molecule has 0 aliphatic heterocycles. The van der Waals surface area contributed by atoms with Gasteiger partial charge in [-0.05, 0) is 48.0 Å². The third-order valence-electron chi connectivity index (χ3n) is 2.97. The maximum Gasteiger partial charge on any atom is 0.196 e. The Morgan fingerprint density at radius 3 is 2.25 bits per heavy atom. The molecule has 0 amide bonds. The molecule has 0 aromatic heterocycles. The minimum Gasteiger partial charge on any atom is -0.496 e. The van der Waals surface area contributed by atoms with Crippen molar-refractivity contribution in [2.45, 2.75) is 13.8 Å². The van der Waals surface area contributed by atoms with E-state index in [-0.39, 0.29) is 16.0 Å². The summed E-state index contributed by atoms with van der Waals surface area (Å²) in [7, 11) is 1.42. The fraction of sp³-hybridized carbons (Fsp3) is 0.188. The number of hydrogen-bond donors (Lipinski definition) is 0. The Kier molecular flexibility index (Phi) is 4.23. The number of ketones is 1. The van der Waals surface area contributed by atoms with Crippen LogP contribution < -0.4 is 4.74 Å². The Bertz CT molecular complexity index is 660. The third kappa shape index (κ3) is 2.90. The van der Waals surface area contributed by atoms with Gasteiger partial charge in [0.15, 0.2) is 5.78 Å². The summed E-state index contributed by atoms with van der Waals surface area (Å²) in [6, 6.07) is 8.28. The number of carbonyl (C=O) groups is 1. The smallest absolute Gasteiger partial charge is 0.196 e. The summed E-state index contributed by atoms with van der Waals surface area (Å²) in [6.45, 7) is 3.86. The topological polar surface area (TPSA) is 26.3 Å². The number of carbonyl (C=O) groups excluding carboxylic acids is 1. The quantitative estimate of drug-likeness (QED) is 0.774. The monoisotopic (exact) mass is 336 g/mol. The predicted molar refractivity (Wildman–Crippen MR) is 80.0 cm³/mol. The van der Waals surface area contributed by atoms with E-state index in [1.165, 1.54) is 19.2 Å². The Labute approximate surface area is 125 Å². The molecule has 104 valence electrons. The molecule has 0 atom stereocenters. The van der Waals surface area contributed by atoms with Crippen LogP contribution >= 0.6 is 15.9 Å². The predicted octanol–water partition coefficient (Wildman–Crippen LogP) is 4.44. The van der Waals surface area contributed by atoms with Crippen molar-refractivity contribution in [1.29, 1.82) is 0 Å². The summed E-state index contributed by atoms with van der Waals surface area (Å²) in [5, 5.41) is 0. The Hall–Kier alpha value is -1.68. The molecule has 0 fully saturated rings. The van der Waals surface area contributed by atoms with E-state index in [4.69, 9.17) is 4.74 Å². The number of rotatable bonds is 3. The van der Waals surface area contributed by atoms with Crippen LogP contribution in [0.1, 0.15) is 27.0 Å². The summed E-state index contributed by atoms with van der Waals surface area (Å²) < 4.78 is 18.8. The Balaban J connectivity index is 2.55. The van der Waals surface area contributed by atoms with Gasteiger partial charge in [0.05, 0.1) is 17.1 Å². The highest BCUT2D eigenvalue weighted by molar-refractivity contribution is 9.10. The summed E-state index contributed by atoms with van der Waals surface area (Å²) in [5.41, 5.74) is 2.92. The van der Waals surface area contributed by atoms with E-state index in [1.807, 2.05) is 32.0 Å². The summed E-state index contributed by atoms with van der Waals surface area (Å²) in [6.07, 6.45) is 0. The van der Waals surface area contributed by atoms with Crippen LogP contribution in [0.25, 0.3) is 0 Å². The number of methoxy groups -OCH3 is 1. The first-order valence-corrected chi connectivity index (χ1v) is 6.87.